The number of carbonyl (C=O) groups excluding carboxylic acids is 2. The molecular weight excluding hydrogens is 433 g/mol. The van der Waals surface area contributed by atoms with Crippen LogP contribution in [0, 0.1) is 5.82 Å². The molecule has 2 heterocycles. The van der Waals surface area contributed by atoms with Gasteiger partial charge in [-0.05, 0) is 68.9 Å². The number of likely N-dealkylation sites (tertiary alicyclic amines) is 1. The monoisotopic (exact) mass is 457 g/mol. The molecule has 0 N–H and O–H groups in total. The summed E-state index contributed by atoms with van der Waals surface area (Å²) in [6.07, 6.45) is 1.74. The molecule has 0 radical (unpaired) electrons. The van der Waals surface area contributed by atoms with Crippen molar-refractivity contribution in [1.29, 1.82) is 0 Å². The molecule has 2 aliphatic heterocycles. The molecule has 32 heavy (non-hydrogen) atoms. The zero-order valence-corrected chi connectivity index (χ0v) is 19.0. The lowest BCUT2D eigenvalue weighted by Crippen LogP contribution is -2.43. The van der Waals surface area contributed by atoms with E-state index in [4.69, 9.17) is 16.3 Å². The van der Waals surface area contributed by atoms with E-state index >= 15 is 0 Å². The fraction of sp³-hybridized carbons (Fsp3) is 0.333. The molecule has 0 unspecified atom stereocenters. The number of halogens is 2. The second-order valence-corrected chi connectivity index (χ2v) is 8.57. The molecule has 1 fully saturated rings. The number of hydrogen-bond donors (Lipinski definition) is 0. The van der Waals surface area contributed by atoms with Crippen LogP contribution in [-0.4, -0.2) is 62.0 Å². The number of anilines is 1. The summed E-state index contributed by atoms with van der Waals surface area (Å²) in [5.74, 6) is -0.990. The molecular formula is C24H25ClFN3O3. The summed E-state index contributed by atoms with van der Waals surface area (Å²) in [5, 5.41) is 0.377. The first-order valence-electron chi connectivity index (χ1n) is 10.5. The van der Waals surface area contributed by atoms with Crippen molar-refractivity contribution in [2.45, 2.75) is 18.9 Å². The van der Waals surface area contributed by atoms with Crippen LogP contribution in [-0.2, 0) is 9.59 Å². The average Bonchev–Trinajstić information content (AvgIpc) is 3.04. The van der Waals surface area contributed by atoms with Crippen LogP contribution in [0.5, 0.6) is 5.75 Å². The molecule has 0 spiro atoms. The molecule has 2 aliphatic rings. The normalized spacial score (nSPS) is 18.0. The molecule has 168 valence electrons. The Morgan fingerprint density at radius 2 is 1.72 bits per heavy atom. The fourth-order valence-corrected chi connectivity index (χ4v) is 4.51. The van der Waals surface area contributed by atoms with Gasteiger partial charge in [0.05, 0.1) is 18.4 Å². The number of likely N-dealkylation sites (N-methyl/N-ethyl adjacent to an activating group) is 1. The minimum absolute atomic E-state index is 0.106. The second kappa shape index (κ2) is 8.92. The fourth-order valence-electron chi connectivity index (χ4n) is 4.34. The van der Waals surface area contributed by atoms with Gasteiger partial charge in [-0.2, -0.15) is 0 Å². The first-order chi connectivity index (χ1) is 15.3. The van der Waals surface area contributed by atoms with Crippen LogP contribution in [0.4, 0.5) is 10.1 Å². The van der Waals surface area contributed by atoms with E-state index in [9.17, 15) is 14.0 Å². The van der Waals surface area contributed by atoms with Gasteiger partial charge in [-0.25, -0.2) is 9.29 Å². The largest absolute Gasteiger partial charge is 0.495 e. The summed E-state index contributed by atoms with van der Waals surface area (Å²) in [4.78, 5) is 32.6. The van der Waals surface area contributed by atoms with Gasteiger partial charge in [0.1, 0.15) is 17.3 Å². The van der Waals surface area contributed by atoms with Crippen LogP contribution in [0.15, 0.2) is 48.2 Å². The molecule has 0 aromatic heterocycles. The number of carbonyl (C=O) groups is 2. The van der Waals surface area contributed by atoms with E-state index in [1.807, 2.05) is 11.9 Å². The number of methoxy groups -OCH3 is 1. The quantitative estimate of drug-likeness (QED) is 0.639. The Bertz CT molecular complexity index is 1080. The van der Waals surface area contributed by atoms with E-state index in [1.165, 1.54) is 37.4 Å². The topological polar surface area (TPSA) is 53.1 Å². The van der Waals surface area contributed by atoms with Crippen LogP contribution in [0.2, 0.25) is 5.02 Å². The highest BCUT2D eigenvalue weighted by Gasteiger charge is 2.44. The van der Waals surface area contributed by atoms with Gasteiger partial charge in [-0.15, -0.1) is 0 Å². The van der Waals surface area contributed by atoms with Gasteiger partial charge in [0, 0.05) is 18.1 Å². The predicted molar refractivity (Wildman–Crippen MR) is 122 cm³/mol. The minimum Gasteiger partial charge on any atom is -0.495 e. The minimum atomic E-state index is -0.489. The molecule has 0 saturated carbocycles. The number of hydrogen-bond acceptors (Lipinski definition) is 5. The molecule has 2 amide bonds. The summed E-state index contributed by atoms with van der Waals surface area (Å²) in [6, 6.07) is 10.5. The number of benzene rings is 2. The first-order valence-corrected chi connectivity index (χ1v) is 10.8. The van der Waals surface area contributed by atoms with Gasteiger partial charge in [0.2, 0.25) is 0 Å². The molecule has 6 nitrogen and oxygen atoms in total. The second-order valence-electron chi connectivity index (χ2n) is 8.14. The van der Waals surface area contributed by atoms with Crippen molar-refractivity contribution in [3.63, 3.8) is 0 Å². The summed E-state index contributed by atoms with van der Waals surface area (Å²) in [6.45, 7) is 1.81. The maximum atomic E-state index is 13.7. The summed E-state index contributed by atoms with van der Waals surface area (Å²) < 4.78 is 19.0. The summed E-state index contributed by atoms with van der Waals surface area (Å²) in [7, 11) is 5.38. The van der Waals surface area contributed by atoms with Crippen molar-refractivity contribution in [1.82, 2.24) is 9.80 Å². The third-order valence-electron chi connectivity index (χ3n) is 6.16. The van der Waals surface area contributed by atoms with Crippen molar-refractivity contribution in [3.05, 3.63) is 64.6 Å². The van der Waals surface area contributed by atoms with Crippen molar-refractivity contribution in [2.75, 3.05) is 39.2 Å². The Hall–Kier alpha value is -2.90. The van der Waals surface area contributed by atoms with E-state index in [-0.39, 0.29) is 17.3 Å². The molecule has 2 aromatic rings. The predicted octanol–water partition coefficient (Wildman–Crippen LogP) is 3.80. The van der Waals surface area contributed by atoms with Crippen molar-refractivity contribution in [3.8, 4) is 5.75 Å². The van der Waals surface area contributed by atoms with E-state index in [2.05, 4.69) is 11.9 Å². The highest BCUT2D eigenvalue weighted by atomic mass is 35.5. The van der Waals surface area contributed by atoms with E-state index in [1.54, 1.807) is 12.1 Å². The standard InChI is InChI=1S/C24H25ClFN3O3/c1-27-12-10-18(11-13-27)28(2)22-21(15-4-7-17(26)8-5-15)23(30)29(24(22)31)19-14-16(25)6-9-20(19)32-3/h4-9,14,18H,10-13H2,1-3H3. The first kappa shape index (κ1) is 22.3. The average molecular weight is 458 g/mol. The maximum absolute atomic E-state index is 13.7. The maximum Gasteiger partial charge on any atom is 0.282 e. The molecule has 1 saturated heterocycles. The molecule has 0 atom stereocenters. The van der Waals surface area contributed by atoms with Gasteiger partial charge in [-0.1, -0.05) is 23.7 Å². The number of nitrogens with zero attached hydrogens (tertiary/aromatic N) is 3. The highest BCUT2D eigenvalue weighted by Crippen LogP contribution is 2.40. The van der Waals surface area contributed by atoms with Gasteiger partial charge >= 0.3 is 0 Å². The molecule has 8 heteroatoms. The molecule has 2 aromatic carbocycles. The number of ether oxygens (including phenoxy) is 1. The number of amides is 2. The van der Waals surface area contributed by atoms with Gasteiger partial charge in [-0.3, -0.25) is 9.59 Å². The van der Waals surface area contributed by atoms with Crippen LogP contribution in [0.3, 0.4) is 0 Å². The third kappa shape index (κ3) is 3.98. The van der Waals surface area contributed by atoms with Crippen molar-refractivity contribution < 1.29 is 18.7 Å². The van der Waals surface area contributed by atoms with Crippen LogP contribution >= 0.6 is 11.6 Å². The molecule has 0 bridgehead atoms. The van der Waals surface area contributed by atoms with Gasteiger partial charge in [0.25, 0.3) is 11.8 Å². The third-order valence-corrected chi connectivity index (χ3v) is 6.40. The van der Waals surface area contributed by atoms with Gasteiger partial charge in [0.15, 0.2) is 0 Å². The van der Waals surface area contributed by atoms with Crippen LogP contribution in [0.1, 0.15) is 18.4 Å². The lowest BCUT2D eigenvalue weighted by atomic mass is 10.00. The number of imide groups is 1. The lowest BCUT2D eigenvalue weighted by Gasteiger charge is -2.36. The number of rotatable bonds is 5. The summed E-state index contributed by atoms with van der Waals surface area (Å²) >= 11 is 6.18. The Morgan fingerprint density at radius 3 is 2.34 bits per heavy atom. The Balaban J connectivity index is 1.82. The van der Waals surface area contributed by atoms with E-state index in [0.717, 1.165) is 30.8 Å². The lowest BCUT2D eigenvalue weighted by molar-refractivity contribution is -0.120. The van der Waals surface area contributed by atoms with Crippen molar-refractivity contribution >= 4 is 34.7 Å². The Kier molecular flexibility index (Phi) is 6.22. The Labute approximate surface area is 191 Å². The number of piperidine rings is 1. The van der Waals surface area contributed by atoms with E-state index < -0.39 is 17.6 Å². The molecule has 0 aliphatic carbocycles. The van der Waals surface area contributed by atoms with E-state index in [0.29, 0.717) is 22.0 Å². The highest BCUT2D eigenvalue weighted by molar-refractivity contribution is 6.46. The SMILES string of the molecule is COc1ccc(Cl)cc1N1C(=O)C(c2ccc(F)cc2)=C(N(C)C2CCN(C)CC2)C1=O. The smallest absolute Gasteiger partial charge is 0.282 e. The van der Waals surface area contributed by atoms with Crippen LogP contribution in [0.25, 0.3) is 5.57 Å². The van der Waals surface area contributed by atoms with Crippen molar-refractivity contribution in [2.24, 2.45) is 0 Å². The van der Waals surface area contributed by atoms with Gasteiger partial charge < -0.3 is 14.5 Å². The summed E-state index contributed by atoms with van der Waals surface area (Å²) in [5.41, 5.74) is 1.32. The zero-order valence-electron chi connectivity index (χ0n) is 18.3. The molecule has 4 rings (SSSR count). The zero-order chi connectivity index (χ0) is 23.0. The van der Waals surface area contributed by atoms with Crippen LogP contribution < -0.4 is 9.64 Å². The Morgan fingerprint density at radius 1 is 1.06 bits per heavy atom.